The summed E-state index contributed by atoms with van der Waals surface area (Å²) in [5, 5.41) is 9.28. The number of hydrogen-bond acceptors (Lipinski definition) is 3. The Morgan fingerprint density at radius 3 is 2.75 bits per heavy atom. The summed E-state index contributed by atoms with van der Waals surface area (Å²) in [5.74, 6) is 0.562. The topological polar surface area (TPSA) is 38.7 Å². The molecule has 1 atom stereocenters. The molecule has 12 heavy (non-hydrogen) atoms. The van der Waals surface area contributed by atoms with E-state index in [9.17, 15) is 5.11 Å². The molecule has 0 saturated heterocycles. The zero-order chi connectivity index (χ0) is 9.19. The third-order valence-corrected chi connectivity index (χ3v) is 1.91. The van der Waals surface area contributed by atoms with Crippen molar-refractivity contribution < 1.29 is 14.6 Å². The third-order valence-electron chi connectivity index (χ3n) is 1.91. The Kier molecular flexibility index (Phi) is 2.43. The molecule has 0 aliphatic heterocycles. The Morgan fingerprint density at radius 1 is 1.58 bits per heavy atom. The van der Waals surface area contributed by atoms with Gasteiger partial charge in [-0.15, -0.1) is 0 Å². The van der Waals surface area contributed by atoms with Crippen LogP contribution in [-0.4, -0.2) is 24.9 Å². The van der Waals surface area contributed by atoms with Crippen molar-refractivity contribution in [3.05, 3.63) is 30.6 Å². The number of aliphatic hydroxyl groups is 1. The van der Waals surface area contributed by atoms with Crippen molar-refractivity contribution in [2.24, 2.45) is 0 Å². The molecule has 0 spiro atoms. The second-order valence-corrected chi connectivity index (χ2v) is 2.78. The molecule has 0 aromatic heterocycles. The van der Waals surface area contributed by atoms with Crippen molar-refractivity contribution in [1.29, 1.82) is 0 Å². The molecule has 0 heterocycles. The molecular weight excluding hydrogens is 156 g/mol. The Morgan fingerprint density at radius 2 is 2.25 bits per heavy atom. The van der Waals surface area contributed by atoms with Crippen LogP contribution in [0.25, 0.3) is 0 Å². The summed E-state index contributed by atoms with van der Waals surface area (Å²) in [4.78, 5) is 0. The highest BCUT2D eigenvalue weighted by Crippen LogP contribution is 2.26. The molecule has 3 heteroatoms. The van der Waals surface area contributed by atoms with Crippen LogP contribution < -0.4 is 0 Å². The van der Waals surface area contributed by atoms with Crippen LogP contribution in [0, 0.1) is 6.92 Å². The van der Waals surface area contributed by atoms with E-state index in [1.807, 2.05) is 0 Å². The van der Waals surface area contributed by atoms with Gasteiger partial charge in [-0.05, 0) is 19.1 Å². The average Bonchev–Trinajstić information content (AvgIpc) is 2.10. The molecule has 0 bridgehead atoms. The highest BCUT2D eigenvalue weighted by atomic mass is 16.5. The standard InChI is InChI=1S/C9H13O3/c1-9(12-3)5-4-7(10)8(6-9)11-2/h4,6,10H,1,5H2,2-3H3. The van der Waals surface area contributed by atoms with Crippen molar-refractivity contribution in [1.82, 2.24) is 0 Å². The molecule has 1 aliphatic rings. The summed E-state index contributed by atoms with van der Waals surface area (Å²) >= 11 is 0. The number of rotatable bonds is 2. The lowest BCUT2D eigenvalue weighted by Crippen LogP contribution is -2.27. The molecule has 3 nitrogen and oxygen atoms in total. The summed E-state index contributed by atoms with van der Waals surface area (Å²) in [6.07, 6.45) is 3.86. The average molecular weight is 169 g/mol. The number of methoxy groups -OCH3 is 2. The highest BCUT2D eigenvalue weighted by molar-refractivity contribution is 5.29. The van der Waals surface area contributed by atoms with Crippen molar-refractivity contribution in [3.8, 4) is 0 Å². The minimum atomic E-state index is -0.600. The van der Waals surface area contributed by atoms with Crippen LogP contribution in [0.15, 0.2) is 23.7 Å². The second-order valence-electron chi connectivity index (χ2n) is 2.78. The molecule has 1 radical (unpaired) electrons. The maximum absolute atomic E-state index is 9.28. The maximum atomic E-state index is 9.28. The Bertz CT molecular complexity index is 230. The minimum Gasteiger partial charge on any atom is -0.504 e. The van der Waals surface area contributed by atoms with E-state index in [4.69, 9.17) is 9.47 Å². The molecule has 1 rings (SSSR count). The van der Waals surface area contributed by atoms with Gasteiger partial charge in [-0.1, -0.05) is 0 Å². The highest BCUT2D eigenvalue weighted by Gasteiger charge is 2.26. The Balaban J connectivity index is 2.87. The van der Waals surface area contributed by atoms with Gasteiger partial charge in [-0.3, -0.25) is 0 Å². The molecule has 1 N–H and O–H groups in total. The SMILES string of the molecule is [CH2]C1(OC)C=C(OC)C(O)=CC1. The molecule has 0 fully saturated rings. The van der Waals surface area contributed by atoms with Crippen molar-refractivity contribution in [3.63, 3.8) is 0 Å². The van der Waals surface area contributed by atoms with Gasteiger partial charge in [0.15, 0.2) is 11.5 Å². The molecule has 0 saturated carbocycles. The van der Waals surface area contributed by atoms with Crippen LogP contribution in [0.3, 0.4) is 0 Å². The fourth-order valence-corrected chi connectivity index (χ4v) is 1.05. The molecule has 0 amide bonds. The Labute approximate surface area is 72.3 Å². The maximum Gasteiger partial charge on any atom is 0.159 e. The van der Waals surface area contributed by atoms with Crippen LogP contribution in [0.2, 0.25) is 0 Å². The van der Waals surface area contributed by atoms with Crippen LogP contribution >= 0.6 is 0 Å². The first-order chi connectivity index (χ1) is 5.61. The third kappa shape index (κ3) is 1.61. The predicted molar refractivity (Wildman–Crippen MR) is 45.5 cm³/mol. The largest absolute Gasteiger partial charge is 0.504 e. The number of aliphatic hydroxyl groups excluding tert-OH is 1. The van der Waals surface area contributed by atoms with E-state index >= 15 is 0 Å². The van der Waals surface area contributed by atoms with E-state index in [1.54, 1.807) is 19.3 Å². The van der Waals surface area contributed by atoms with Gasteiger partial charge in [0, 0.05) is 13.5 Å². The van der Waals surface area contributed by atoms with Gasteiger partial charge in [-0.25, -0.2) is 0 Å². The fraction of sp³-hybridized carbons (Fsp3) is 0.444. The molecule has 0 aromatic rings. The summed E-state index contributed by atoms with van der Waals surface area (Å²) in [6, 6.07) is 0. The first kappa shape index (κ1) is 9.13. The van der Waals surface area contributed by atoms with E-state index in [-0.39, 0.29) is 5.76 Å². The predicted octanol–water partition coefficient (Wildman–Crippen LogP) is 1.58. The zero-order valence-electron chi connectivity index (χ0n) is 7.33. The van der Waals surface area contributed by atoms with E-state index in [2.05, 4.69) is 6.92 Å². The van der Waals surface area contributed by atoms with Crippen molar-refractivity contribution in [2.75, 3.05) is 14.2 Å². The lowest BCUT2D eigenvalue weighted by atomic mass is 9.96. The summed E-state index contributed by atoms with van der Waals surface area (Å²) in [5.41, 5.74) is -0.600. The van der Waals surface area contributed by atoms with Gasteiger partial charge < -0.3 is 14.6 Å². The summed E-state index contributed by atoms with van der Waals surface area (Å²) in [6.45, 7) is 3.85. The van der Waals surface area contributed by atoms with Gasteiger partial charge in [0.1, 0.15) is 0 Å². The van der Waals surface area contributed by atoms with Crippen molar-refractivity contribution in [2.45, 2.75) is 12.0 Å². The normalized spacial score (nSPS) is 29.2. The van der Waals surface area contributed by atoms with Crippen molar-refractivity contribution >= 4 is 0 Å². The second kappa shape index (κ2) is 3.19. The lowest BCUT2D eigenvalue weighted by Gasteiger charge is -2.26. The van der Waals surface area contributed by atoms with E-state index < -0.39 is 5.60 Å². The Hall–Kier alpha value is -0.960. The number of hydrogen-bond donors (Lipinski definition) is 1. The van der Waals surface area contributed by atoms with Crippen LogP contribution in [0.5, 0.6) is 0 Å². The van der Waals surface area contributed by atoms with E-state index in [0.717, 1.165) is 0 Å². The van der Waals surface area contributed by atoms with Gasteiger partial charge >= 0.3 is 0 Å². The summed E-state index contributed by atoms with van der Waals surface area (Å²) < 4.78 is 10.1. The number of ether oxygens (including phenoxy) is 2. The van der Waals surface area contributed by atoms with Crippen LogP contribution in [-0.2, 0) is 9.47 Å². The molecule has 1 unspecified atom stereocenters. The van der Waals surface area contributed by atoms with E-state index in [1.165, 1.54) is 7.11 Å². The smallest absolute Gasteiger partial charge is 0.159 e. The summed E-state index contributed by atoms with van der Waals surface area (Å²) in [7, 11) is 3.07. The molecule has 0 aromatic carbocycles. The lowest BCUT2D eigenvalue weighted by molar-refractivity contribution is 0.0651. The zero-order valence-corrected chi connectivity index (χ0v) is 7.33. The first-order valence-corrected chi connectivity index (χ1v) is 3.68. The van der Waals surface area contributed by atoms with Gasteiger partial charge in [-0.2, -0.15) is 0 Å². The fourth-order valence-electron chi connectivity index (χ4n) is 1.05. The molecule has 67 valence electrons. The quantitative estimate of drug-likeness (QED) is 0.682. The van der Waals surface area contributed by atoms with Gasteiger partial charge in [0.2, 0.25) is 0 Å². The van der Waals surface area contributed by atoms with E-state index in [0.29, 0.717) is 12.2 Å². The molecule has 1 aliphatic carbocycles. The van der Waals surface area contributed by atoms with Crippen LogP contribution in [0.1, 0.15) is 6.42 Å². The van der Waals surface area contributed by atoms with Gasteiger partial charge in [0.25, 0.3) is 0 Å². The minimum absolute atomic E-state index is 0.147. The van der Waals surface area contributed by atoms with Gasteiger partial charge in [0.05, 0.1) is 12.7 Å². The first-order valence-electron chi connectivity index (χ1n) is 3.68. The monoisotopic (exact) mass is 169 g/mol. The van der Waals surface area contributed by atoms with Crippen LogP contribution in [0.4, 0.5) is 0 Å². The molecular formula is C9H13O3.